The molecule has 1 N–H and O–H groups in total. The van der Waals surface area contributed by atoms with Crippen molar-refractivity contribution in [2.24, 2.45) is 0 Å². The van der Waals surface area contributed by atoms with Crippen LogP contribution in [0.3, 0.4) is 0 Å². The van der Waals surface area contributed by atoms with Crippen molar-refractivity contribution in [2.45, 2.75) is 12.5 Å². The van der Waals surface area contributed by atoms with Gasteiger partial charge in [0.05, 0.1) is 6.07 Å². The van der Waals surface area contributed by atoms with E-state index < -0.39 is 11.6 Å². The Bertz CT molecular complexity index is 477. The normalized spacial score (nSPS) is 24.4. The molecule has 1 fully saturated rings. The number of amides is 3. The number of rotatable bonds is 2. The highest BCUT2D eigenvalue weighted by Gasteiger charge is 2.48. The number of nitrogens with one attached hydrogen (secondary N) is 1. The quantitative estimate of drug-likeness (QED) is 0.614. The van der Waals surface area contributed by atoms with E-state index in [2.05, 4.69) is 5.32 Å². The van der Waals surface area contributed by atoms with Crippen molar-refractivity contribution in [3.05, 3.63) is 22.4 Å². The van der Waals surface area contributed by atoms with Gasteiger partial charge in [-0.1, -0.05) is 0 Å². The van der Waals surface area contributed by atoms with Crippen LogP contribution in [-0.4, -0.2) is 23.4 Å². The number of carbonyl (C=O) groups is 2. The van der Waals surface area contributed by atoms with Gasteiger partial charge in [0.1, 0.15) is 12.1 Å². The Hall–Kier alpha value is -1.87. The van der Waals surface area contributed by atoms with Crippen molar-refractivity contribution in [1.82, 2.24) is 10.2 Å². The molecule has 16 heavy (non-hydrogen) atoms. The van der Waals surface area contributed by atoms with Crippen LogP contribution in [0.4, 0.5) is 4.79 Å². The lowest BCUT2D eigenvalue weighted by molar-refractivity contribution is -0.130. The molecule has 1 aromatic heterocycles. The molecule has 0 spiro atoms. The van der Waals surface area contributed by atoms with Crippen LogP contribution in [0.2, 0.25) is 0 Å². The van der Waals surface area contributed by atoms with Gasteiger partial charge in [-0.2, -0.15) is 16.6 Å². The van der Waals surface area contributed by atoms with E-state index in [1.54, 1.807) is 19.1 Å². The monoisotopic (exact) mass is 235 g/mol. The summed E-state index contributed by atoms with van der Waals surface area (Å²) in [5, 5.41) is 14.8. The molecule has 1 unspecified atom stereocenters. The molecule has 1 atom stereocenters. The predicted molar refractivity (Wildman–Crippen MR) is 57.5 cm³/mol. The SMILES string of the molecule is CC1(c2ccsc2)NC(=O)N(CC#N)C1=O. The summed E-state index contributed by atoms with van der Waals surface area (Å²) in [4.78, 5) is 24.5. The van der Waals surface area contributed by atoms with E-state index in [1.807, 2.05) is 10.8 Å². The number of thiophene rings is 1. The van der Waals surface area contributed by atoms with Gasteiger partial charge in [0, 0.05) is 0 Å². The standard InChI is InChI=1S/C10H9N3O2S/c1-10(7-2-5-16-6-7)8(14)13(4-3-11)9(15)12-10/h2,5-6H,4H2,1H3,(H,12,15). The third-order valence-corrected chi connectivity index (χ3v) is 3.29. The van der Waals surface area contributed by atoms with Crippen molar-refractivity contribution >= 4 is 23.3 Å². The number of imide groups is 1. The molecule has 1 saturated heterocycles. The van der Waals surface area contributed by atoms with E-state index in [-0.39, 0.29) is 12.5 Å². The van der Waals surface area contributed by atoms with E-state index in [0.29, 0.717) is 0 Å². The Labute approximate surface area is 96.3 Å². The van der Waals surface area contributed by atoms with Crippen molar-refractivity contribution in [2.75, 3.05) is 6.54 Å². The molecular weight excluding hydrogens is 226 g/mol. The highest BCUT2D eigenvalue weighted by atomic mass is 32.1. The topological polar surface area (TPSA) is 73.2 Å². The van der Waals surface area contributed by atoms with Crippen LogP contribution in [0.1, 0.15) is 12.5 Å². The first-order chi connectivity index (χ1) is 7.59. The largest absolute Gasteiger partial charge is 0.326 e. The zero-order valence-corrected chi connectivity index (χ0v) is 9.37. The minimum absolute atomic E-state index is 0.218. The first-order valence-corrected chi connectivity index (χ1v) is 5.57. The Morgan fingerprint density at radius 2 is 2.38 bits per heavy atom. The highest BCUT2D eigenvalue weighted by molar-refractivity contribution is 7.08. The van der Waals surface area contributed by atoms with Crippen LogP contribution in [0, 0.1) is 11.3 Å². The number of urea groups is 1. The highest BCUT2D eigenvalue weighted by Crippen LogP contribution is 2.29. The van der Waals surface area contributed by atoms with E-state index in [0.717, 1.165) is 10.5 Å². The zero-order chi connectivity index (χ0) is 11.8. The number of nitriles is 1. The van der Waals surface area contributed by atoms with Gasteiger partial charge in [0.25, 0.3) is 5.91 Å². The summed E-state index contributed by atoms with van der Waals surface area (Å²) in [6.45, 7) is 1.43. The van der Waals surface area contributed by atoms with Crippen molar-refractivity contribution < 1.29 is 9.59 Å². The molecular formula is C10H9N3O2S. The van der Waals surface area contributed by atoms with Gasteiger partial charge in [-0.05, 0) is 29.3 Å². The molecule has 1 aromatic rings. The van der Waals surface area contributed by atoms with Gasteiger partial charge in [-0.3, -0.25) is 4.79 Å². The average Bonchev–Trinajstić information content (AvgIpc) is 2.83. The van der Waals surface area contributed by atoms with E-state index >= 15 is 0 Å². The van der Waals surface area contributed by atoms with Crippen LogP contribution >= 0.6 is 11.3 Å². The first-order valence-electron chi connectivity index (χ1n) is 4.63. The molecule has 0 saturated carbocycles. The zero-order valence-electron chi connectivity index (χ0n) is 8.56. The molecule has 1 aliphatic heterocycles. The second-order valence-electron chi connectivity index (χ2n) is 3.62. The lowest BCUT2D eigenvalue weighted by Crippen LogP contribution is -2.40. The molecule has 6 heteroatoms. The second kappa shape index (κ2) is 3.61. The lowest BCUT2D eigenvalue weighted by atomic mass is 9.95. The number of hydrogen-bond donors (Lipinski definition) is 1. The fraction of sp³-hybridized carbons (Fsp3) is 0.300. The van der Waals surface area contributed by atoms with Gasteiger partial charge in [0.2, 0.25) is 0 Å². The predicted octanol–water partition coefficient (Wildman–Crippen LogP) is 1.04. The third-order valence-electron chi connectivity index (χ3n) is 2.60. The summed E-state index contributed by atoms with van der Waals surface area (Å²) in [6.07, 6.45) is 0. The molecule has 0 radical (unpaired) electrons. The fourth-order valence-corrected chi connectivity index (χ4v) is 2.42. The Balaban J connectivity index is 2.37. The summed E-state index contributed by atoms with van der Waals surface area (Å²) in [5.41, 5.74) is -0.287. The van der Waals surface area contributed by atoms with Gasteiger partial charge in [-0.15, -0.1) is 0 Å². The van der Waals surface area contributed by atoms with Crippen LogP contribution < -0.4 is 5.32 Å². The number of hydrogen-bond acceptors (Lipinski definition) is 4. The van der Waals surface area contributed by atoms with Crippen molar-refractivity contribution in [3.8, 4) is 6.07 Å². The van der Waals surface area contributed by atoms with E-state index in [4.69, 9.17) is 5.26 Å². The van der Waals surface area contributed by atoms with Crippen LogP contribution in [0.15, 0.2) is 16.8 Å². The molecule has 1 aliphatic rings. The first kappa shape index (κ1) is 10.6. The minimum atomic E-state index is -1.03. The second-order valence-corrected chi connectivity index (χ2v) is 4.40. The molecule has 2 heterocycles. The number of nitrogens with zero attached hydrogens (tertiary/aromatic N) is 2. The molecule has 0 aliphatic carbocycles. The van der Waals surface area contributed by atoms with Crippen LogP contribution in [0.25, 0.3) is 0 Å². The summed E-state index contributed by atoms with van der Waals surface area (Å²) >= 11 is 1.46. The summed E-state index contributed by atoms with van der Waals surface area (Å²) in [7, 11) is 0. The van der Waals surface area contributed by atoms with Gasteiger partial charge >= 0.3 is 6.03 Å². The summed E-state index contributed by atoms with van der Waals surface area (Å²) < 4.78 is 0. The maximum atomic E-state index is 12.0. The third kappa shape index (κ3) is 1.37. The molecule has 5 nitrogen and oxygen atoms in total. The van der Waals surface area contributed by atoms with E-state index in [1.165, 1.54) is 11.3 Å². The summed E-state index contributed by atoms with van der Waals surface area (Å²) in [6, 6.07) is 3.08. The molecule has 2 rings (SSSR count). The summed E-state index contributed by atoms with van der Waals surface area (Å²) in [5.74, 6) is -0.377. The van der Waals surface area contributed by atoms with Crippen LogP contribution in [0.5, 0.6) is 0 Å². The Kier molecular flexibility index (Phi) is 2.40. The molecule has 82 valence electrons. The Morgan fingerprint density at radius 3 is 2.94 bits per heavy atom. The average molecular weight is 235 g/mol. The van der Waals surface area contributed by atoms with Crippen molar-refractivity contribution in [3.63, 3.8) is 0 Å². The fourth-order valence-electron chi connectivity index (χ4n) is 1.66. The Morgan fingerprint density at radius 1 is 1.62 bits per heavy atom. The lowest BCUT2D eigenvalue weighted by Gasteiger charge is -2.19. The smallest absolute Gasteiger partial charge is 0.319 e. The number of carbonyl (C=O) groups excluding carboxylic acids is 2. The minimum Gasteiger partial charge on any atom is -0.319 e. The van der Waals surface area contributed by atoms with Gasteiger partial charge in [0.15, 0.2) is 0 Å². The van der Waals surface area contributed by atoms with Gasteiger partial charge < -0.3 is 5.32 Å². The van der Waals surface area contributed by atoms with E-state index in [9.17, 15) is 9.59 Å². The van der Waals surface area contributed by atoms with Crippen molar-refractivity contribution in [1.29, 1.82) is 5.26 Å². The maximum Gasteiger partial charge on any atom is 0.326 e. The molecule has 3 amide bonds. The van der Waals surface area contributed by atoms with Gasteiger partial charge in [-0.25, -0.2) is 9.69 Å². The molecule has 0 aromatic carbocycles. The maximum absolute atomic E-state index is 12.0. The molecule has 0 bridgehead atoms. The van der Waals surface area contributed by atoms with Crippen LogP contribution in [-0.2, 0) is 10.3 Å².